The van der Waals surface area contributed by atoms with Crippen LogP contribution in [0.4, 0.5) is 5.69 Å². The number of hydrogen-bond acceptors (Lipinski definition) is 3. The predicted octanol–water partition coefficient (Wildman–Crippen LogP) is 3.72. The minimum Gasteiger partial charge on any atom is -0.508 e. The van der Waals surface area contributed by atoms with Gasteiger partial charge in [0, 0.05) is 11.3 Å². The van der Waals surface area contributed by atoms with Gasteiger partial charge in [0.15, 0.2) is 0 Å². The zero-order chi connectivity index (χ0) is 13.5. The van der Waals surface area contributed by atoms with Gasteiger partial charge in [0.25, 0.3) is 0 Å². The third-order valence-electron chi connectivity index (χ3n) is 3.48. The molecule has 0 amide bonds. The Morgan fingerprint density at radius 1 is 1.05 bits per heavy atom. The van der Waals surface area contributed by atoms with E-state index in [1.807, 2.05) is 30.3 Å². The van der Waals surface area contributed by atoms with Crippen molar-refractivity contribution in [1.29, 1.82) is 0 Å². The number of anilines is 1. The minimum atomic E-state index is -0.304. The van der Waals surface area contributed by atoms with Crippen LogP contribution in [0.5, 0.6) is 11.5 Å². The monoisotopic (exact) mass is 255 g/mol. The zero-order valence-electron chi connectivity index (χ0n) is 11.1. The molecular formula is C16H17NO2. The molecule has 0 bridgehead atoms. The van der Waals surface area contributed by atoms with Crippen LogP contribution >= 0.6 is 0 Å². The van der Waals surface area contributed by atoms with Crippen LogP contribution < -0.4 is 10.1 Å². The second kappa shape index (κ2) is 4.19. The van der Waals surface area contributed by atoms with Crippen molar-refractivity contribution in [3.8, 4) is 11.5 Å². The van der Waals surface area contributed by atoms with Crippen LogP contribution in [-0.4, -0.2) is 10.7 Å². The maximum Gasteiger partial charge on any atom is 0.128 e. The molecule has 2 aromatic rings. The Morgan fingerprint density at radius 3 is 2.47 bits per heavy atom. The third-order valence-corrected chi connectivity index (χ3v) is 3.48. The number of benzene rings is 2. The van der Waals surface area contributed by atoms with Gasteiger partial charge in [-0.3, -0.25) is 0 Å². The minimum absolute atomic E-state index is 0.0910. The van der Waals surface area contributed by atoms with Gasteiger partial charge in [-0.15, -0.1) is 0 Å². The lowest BCUT2D eigenvalue weighted by Crippen LogP contribution is -2.34. The fourth-order valence-electron chi connectivity index (χ4n) is 2.50. The van der Waals surface area contributed by atoms with E-state index in [4.69, 9.17) is 4.74 Å². The smallest absolute Gasteiger partial charge is 0.128 e. The van der Waals surface area contributed by atoms with Gasteiger partial charge in [0.2, 0.25) is 0 Å². The van der Waals surface area contributed by atoms with Gasteiger partial charge < -0.3 is 15.2 Å². The van der Waals surface area contributed by atoms with Crippen LogP contribution in [0.25, 0.3) is 0 Å². The van der Waals surface area contributed by atoms with Crippen LogP contribution in [0.3, 0.4) is 0 Å². The van der Waals surface area contributed by atoms with E-state index in [2.05, 4.69) is 25.2 Å². The molecule has 98 valence electrons. The van der Waals surface area contributed by atoms with Gasteiger partial charge in [-0.2, -0.15) is 0 Å². The topological polar surface area (TPSA) is 41.5 Å². The summed E-state index contributed by atoms with van der Waals surface area (Å²) in [7, 11) is 0. The number of phenolic OH excluding ortho intramolecular Hbond substituents is 1. The Balaban J connectivity index is 1.93. The SMILES string of the molecule is CC1(C)Oc2ccccc2C1Nc1ccc(O)cc1. The van der Waals surface area contributed by atoms with Crippen molar-refractivity contribution in [2.75, 3.05) is 5.32 Å². The van der Waals surface area contributed by atoms with Gasteiger partial charge in [0.05, 0.1) is 6.04 Å². The molecule has 1 heterocycles. The van der Waals surface area contributed by atoms with Crippen molar-refractivity contribution in [2.45, 2.75) is 25.5 Å². The third kappa shape index (κ3) is 2.12. The Bertz CT molecular complexity index is 590. The molecule has 0 aliphatic carbocycles. The first kappa shape index (κ1) is 11.9. The Morgan fingerprint density at radius 2 is 1.74 bits per heavy atom. The highest BCUT2D eigenvalue weighted by Crippen LogP contribution is 2.44. The average molecular weight is 255 g/mol. The van der Waals surface area contributed by atoms with E-state index < -0.39 is 0 Å². The van der Waals surface area contributed by atoms with Gasteiger partial charge >= 0.3 is 0 Å². The van der Waals surface area contributed by atoms with Crippen LogP contribution in [0.15, 0.2) is 48.5 Å². The molecule has 1 aliphatic rings. The number of aromatic hydroxyl groups is 1. The maximum atomic E-state index is 9.33. The van der Waals surface area contributed by atoms with E-state index in [0.29, 0.717) is 0 Å². The van der Waals surface area contributed by atoms with Crippen molar-refractivity contribution >= 4 is 5.69 Å². The molecule has 3 rings (SSSR count). The number of ether oxygens (including phenoxy) is 1. The van der Waals surface area contributed by atoms with E-state index >= 15 is 0 Å². The van der Waals surface area contributed by atoms with Crippen LogP contribution in [0, 0.1) is 0 Å². The molecule has 1 unspecified atom stereocenters. The summed E-state index contributed by atoms with van der Waals surface area (Å²) in [6, 6.07) is 15.3. The standard InChI is InChI=1S/C16H17NO2/c1-16(2)15(13-5-3-4-6-14(13)19-16)17-11-7-9-12(18)10-8-11/h3-10,15,17-18H,1-2H3. The summed E-state index contributed by atoms with van der Waals surface area (Å²) in [6.45, 7) is 4.15. The molecule has 0 aromatic heterocycles. The Kier molecular flexibility index (Phi) is 2.63. The summed E-state index contributed by atoms with van der Waals surface area (Å²) in [6.07, 6.45) is 0. The molecule has 1 aliphatic heterocycles. The van der Waals surface area contributed by atoms with Crippen LogP contribution in [0.2, 0.25) is 0 Å². The van der Waals surface area contributed by atoms with Crippen molar-refractivity contribution in [1.82, 2.24) is 0 Å². The molecule has 0 spiro atoms. The number of fused-ring (bicyclic) bond motifs is 1. The quantitative estimate of drug-likeness (QED) is 0.804. The molecule has 0 fully saturated rings. The van der Waals surface area contributed by atoms with Gasteiger partial charge in [-0.05, 0) is 44.2 Å². The first-order valence-corrected chi connectivity index (χ1v) is 6.40. The second-order valence-corrected chi connectivity index (χ2v) is 5.37. The fraction of sp³-hybridized carbons (Fsp3) is 0.250. The summed E-state index contributed by atoms with van der Waals surface area (Å²) in [5.74, 6) is 1.21. The molecule has 2 aromatic carbocycles. The summed E-state index contributed by atoms with van der Waals surface area (Å²) in [5.41, 5.74) is 1.83. The van der Waals surface area contributed by atoms with E-state index in [1.165, 1.54) is 5.56 Å². The van der Waals surface area contributed by atoms with Crippen LogP contribution in [0.1, 0.15) is 25.5 Å². The molecule has 1 atom stereocenters. The lowest BCUT2D eigenvalue weighted by molar-refractivity contribution is 0.118. The first-order chi connectivity index (χ1) is 9.06. The lowest BCUT2D eigenvalue weighted by atomic mass is 9.94. The normalized spacial score (nSPS) is 19.6. The second-order valence-electron chi connectivity index (χ2n) is 5.37. The van der Waals surface area contributed by atoms with Gasteiger partial charge in [-0.25, -0.2) is 0 Å². The van der Waals surface area contributed by atoms with Gasteiger partial charge in [-0.1, -0.05) is 18.2 Å². The highest BCUT2D eigenvalue weighted by molar-refractivity contribution is 5.52. The average Bonchev–Trinajstić information content (AvgIpc) is 2.63. The molecule has 2 N–H and O–H groups in total. The summed E-state index contributed by atoms with van der Waals surface area (Å²) in [5, 5.41) is 12.8. The number of para-hydroxylation sites is 1. The van der Waals surface area contributed by atoms with E-state index in [1.54, 1.807) is 12.1 Å². The summed E-state index contributed by atoms with van der Waals surface area (Å²) >= 11 is 0. The number of hydrogen-bond donors (Lipinski definition) is 2. The highest BCUT2D eigenvalue weighted by atomic mass is 16.5. The molecule has 3 nitrogen and oxygen atoms in total. The van der Waals surface area contributed by atoms with Crippen molar-refractivity contribution in [3.63, 3.8) is 0 Å². The first-order valence-electron chi connectivity index (χ1n) is 6.40. The van der Waals surface area contributed by atoms with Crippen LogP contribution in [-0.2, 0) is 0 Å². The number of phenols is 1. The van der Waals surface area contributed by atoms with E-state index in [9.17, 15) is 5.11 Å². The van der Waals surface area contributed by atoms with Crippen molar-refractivity contribution in [2.24, 2.45) is 0 Å². The molecule has 0 saturated carbocycles. The molecule has 0 radical (unpaired) electrons. The van der Waals surface area contributed by atoms with Crippen molar-refractivity contribution in [3.05, 3.63) is 54.1 Å². The summed E-state index contributed by atoms with van der Waals surface area (Å²) in [4.78, 5) is 0. The molecule has 0 saturated heterocycles. The predicted molar refractivity (Wildman–Crippen MR) is 75.6 cm³/mol. The van der Waals surface area contributed by atoms with E-state index in [-0.39, 0.29) is 17.4 Å². The highest BCUT2D eigenvalue weighted by Gasteiger charge is 2.40. The molecule has 3 heteroatoms. The molecule has 19 heavy (non-hydrogen) atoms. The summed E-state index contributed by atoms with van der Waals surface area (Å²) < 4.78 is 5.99. The Hall–Kier alpha value is -2.16. The lowest BCUT2D eigenvalue weighted by Gasteiger charge is -2.28. The zero-order valence-corrected chi connectivity index (χ0v) is 11.1. The van der Waals surface area contributed by atoms with Crippen molar-refractivity contribution < 1.29 is 9.84 Å². The Labute approximate surface area is 112 Å². The largest absolute Gasteiger partial charge is 0.508 e. The number of nitrogens with one attached hydrogen (secondary N) is 1. The molecular weight excluding hydrogens is 238 g/mol. The fourth-order valence-corrected chi connectivity index (χ4v) is 2.50. The maximum absolute atomic E-state index is 9.33. The van der Waals surface area contributed by atoms with Gasteiger partial charge in [0.1, 0.15) is 17.1 Å². The van der Waals surface area contributed by atoms with E-state index in [0.717, 1.165) is 11.4 Å². The number of rotatable bonds is 2.